The first kappa shape index (κ1) is 15.7. The molecule has 0 aliphatic carbocycles. The maximum Gasteiger partial charge on any atom is 0.251 e. The number of benzene rings is 1. The van der Waals surface area contributed by atoms with Gasteiger partial charge in [0.25, 0.3) is 5.91 Å². The van der Waals surface area contributed by atoms with Gasteiger partial charge in [0.15, 0.2) is 0 Å². The molecule has 1 aliphatic rings. The Morgan fingerprint density at radius 1 is 1.30 bits per heavy atom. The van der Waals surface area contributed by atoms with Crippen LogP contribution in [-0.2, 0) is 0 Å². The maximum absolute atomic E-state index is 12.5. The van der Waals surface area contributed by atoms with Gasteiger partial charge < -0.3 is 10.2 Å². The number of halogens is 1. The molecule has 2 aromatic rings. The van der Waals surface area contributed by atoms with Crippen LogP contribution in [0.1, 0.15) is 28.8 Å². The van der Waals surface area contributed by atoms with Crippen LogP contribution in [0.4, 0.5) is 5.95 Å². The molecule has 0 saturated carbocycles. The van der Waals surface area contributed by atoms with Crippen LogP contribution in [0, 0.1) is 6.92 Å². The molecule has 1 aromatic heterocycles. The van der Waals surface area contributed by atoms with Crippen molar-refractivity contribution in [2.75, 3.05) is 18.0 Å². The van der Waals surface area contributed by atoms with Gasteiger partial charge in [-0.05, 0) is 43.5 Å². The van der Waals surface area contributed by atoms with Crippen LogP contribution in [0.25, 0.3) is 0 Å². The minimum Gasteiger partial charge on any atom is -0.348 e. The van der Waals surface area contributed by atoms with Gasteiger partial charge in [-0.15, -0.1) is 0 Å². The monoisotopic (exact) mass is 330 g/mol. The molecule has 1 unspecified atom stereocenters. The van der Waals surface area contributed by atoms with Crippen LogP contribution in [0.5, 0.6) is 0 Å². The molecular formula is C17H19ClN4O. The van der Waals surface area contributed by atoms with Gasteiger partial charge >= 0.3 is 0 Å². The van der Waals surface area contributed by atoms with Crippen molar-refractivity contribution in [3.05, 3.63) is 52.8 Å². The smallest absolute Gasteiger partial charge is 0.251 e. The van der Waals surface area contributed by atoms with Crippen LogP contribution in [-0.4, -0.2) is 35.0 Å². The Morgan fingerprint density at radius 3 is 2.87 bits per heavy atom. The van der Waals surface area contributed by atoms with E-state index in [2.05, 4.69) is 20.2 Å². The summed E-state index contributed by atoms with van der Waals surface area (Å²) >= 11 is 6.10. The van der Waals surface area contributed by atoms with Gasteiger partial charge in [-0.2, -0.15) is 0 Å². The summed E-state index contributed by atoms with van der Waals surface area (Å²) < 4.78 is 0. The fraction of sp³-hybridized carbons (Fsp3) is 0.353. The molecule has 3 rings (SSSR count). The Kier molecular flexibility index (Phi) is 4.76. The van der Waals surface area contributed by atoms with Crippen LogP contribution < -0.4 is 10.2 Å². The zero-order valence-corrected chi connectivity index (χ0v) is 13.8. The van der Waals surface area contributed by atoms with Gasteiger partial charge in [0.1, 0.15) is 0 Å². The summed E-state index contributed by atoms with van der Waals surface area (Å²) in [6, 6.07) is 7.28. The molecule has 0 radical (unpaired) electrons. The Bertz CT molecular complexity index is 692. The molecular weight excluding hydrogens is 312 g/mol. The number of carbonyl (C=O) groups is 1. The summed E-state index contributed by atoms with van der Waals surface area (Å²) in [6.45, 7) is 3.49. The van der Waals surface area contributed by atoms with Gasteiger partial charge in [0.2, 0.25) is 5.95 Å². The largest absolute Gasteiger partial charge is 0.348 e. The molecule has 1 atom stereocenters. The number of carbonyl (C=O) groups excluding carboxylic acids is 1. The van der Waals surface area contributed by atoms with E-state index in [1.54, 1.807) is 36.7 Å². The predicted molar refractivity (Wildman–Crippen MR) is 90.9 cm³/mol. The molecule has 23 heavy (non-hydrogen) atoms. The van der Waals surface area contributed by atoms with Gasteiger partial charge in [-0.3, -0.25) is 4.79 Å². The van der Waals surface area contributed by atoms with Crippen molar-refractivity contribution in [3.8, 4) is 0 Å². The number of hydrogen-bond donors (Lipinski definition) is 1. The SMILES string of the molecule is Cc1c(Cl)cccc1C(=O)NC1CCCN(c2ncccn2)C1. The van der Waals surface area contributed by atoms with Crippen molar-refractivity contribution in [2.24, 2.45) is 0 Å². The fourth-order valence-electron chi connectivity index (χ4n) is 2.85. The number of nitrogens with one attached hydrogen (secondary N) is 1. The normalized spacial score (nSPS) is 17.8. The summed E-state index contributed by atoms with van der Waals surface area (Å²) in [4.78, 5) is 23.2. The molecule has 5 nitrogen and oxygen atoms in total. The Balaban J connectivity index is 1.68. The van der Waals surface area contributed by atoms with E-state index >= 15 is 0 Å². The first-order chi connectivity index (χ1) is 11.1. The Morgan fingerprint density at radius 2 is 2.09 bits per heavy atom. The number of aromatic nitrogens is 2. The second kappa shape index (κ2) is 6.96. The number of nitrogens with zero attached hydrogens (tertiary/aromatic N) is 3. The zero-order valence-electron chi connectivity index (χ0n) is 13.0. The lowest BCUT2D eigenvalue weighted by Crippen LogP contribution is -2.48. The number of anilines is 1. The molecule has 120 valence electrons. The third-order valence-corrected chi connectivity index (χ3v) is 4.51. The maximum atomic E-state index is 12.5. The standard InChI is InChI=1S/C17H19ClN4O/c1-12-14(6-2-7-15(12)18)16(23)21-13-5-3-10-22(11-13)17-19-8-4-9-20-17/h2,4,6-9,13H,3,5,10-11H2,1H3,(H,21,23). The molecule has 2 heterocycles. The van der Waals surface area contributed by atoms with Gasteiger partial charge in [0.05, 0.1) is 0 Å². The highest BCUT2D eigenvalue weighted by Crippen LogP contribution is 2.20. The third-order valence-electron chi connectivity index (χ3n) is 4.10. The van der Waals surface area contributed by atoms with E-state index in [1.165, 1.54) is 0 Å². The highest BCUT2D eigenvalue weighted by atomic mass is 35.5. The second-order valence-electron chi connectivity index (χ2n) is 5.72. The van der Waals surface area contributed by atoms with Crippen LogP contribution in [0.15, 0.2) is 36.7 Å². The highest BCUT2D eigenvalue weighted by Gasteiger charge is 2.24. The van der Waals surface area contributed by atoms with E-state index < -0.39 is 0 Å². The van der Waals surface area contributed by atoms with E-state index in [-0.39, 0.29) is 11.9 Å². The Hall–Kier alpha value is -2.14. The lowest BCUT2D eigenvalue weighted by atomic mass is 10.0. The van der Waals surface area contributed by atoms with Crippen molar-refractivity contribution < 1.29 is 4.79 Å². The zero-order chi connectivity index (χ0) is 16.2. The summed E-state index contributed by atoms with van der Waals surface area (Å²) in [6.07, 6.45) is 5.42. The highest BCUT2D eigenvalue weighted by molar-refractivity contribution is 6.31. The van der Waals surface area contributed by atoms with Gasteiger partial charge in [-0.25, -0.2) is 9.97 Å². The number of piperidine rings is 1. The minimum absolute atomic E-state index is 0.0779. The average molecular weight is 331 g/mol. The van der Waals surface area contributed by atoms with Crippen LogP contribution in [0.2, 0.25) is 5.02 Å². The minimum atomic E-state index is -0.0779. The molecule has 1 N–H and O–H groups in total. The molecule has 1 aromatic carbocycles. The van der Waals surface area contributed by atoms with E-state index in [9.17, 15) is 4.79 Å². The van der Waals surface area contributed by atoms with Crippen molar-refractivity contribution in [2.45, 2.75) is 25.8 Å². The van der Waals surface area contributed by atoms with E-state index in [0.717, 1.165) is 31.5 Å². The van der Waals surface area contributed by atoms with Crippen molar-refractivity contribution >= 4 is 23.5 Å². The third kappa shape index (κ3) is 3.62. The molecule has 1 amide bonds. The Labute approximate surface area is 140 Å². The van der Waals surface area contributed by atoms with E-state index in [1.807, 2.05) is 6.92 Å². The fourth-order valence-corrected chi connectivity index (χ4v) is 3.02. The topological polar surface area (TPSA) is 58.1 Å². The van der Waals surface area contributed by atoms with Crippen molar-refractivity contribution in [1.29, 1.82) is 0 Å². The summed E-state index contributed by atoms with van der Waals surface area (Å²) in [5.41, 5.74) is 1.44. The average Bonchev–Trinajstić information content (AvgIpc) is 2.58. The predicted octanol–water partition coefficient (Wildman–Crippen LogP) is 2.84. The van der Waals surface area contributed by atoms with Crippen molar-refractivity contribution in [1.82, 2.24) is 15.3 Å². The summed E-state index contributed by atoms with van der Waals surface area (Å²) in [5.74, 6) is 0.635. The molecule has 1 fully saturated rings. The quantitative estimate of drug-likeness (QED) is 0.940. The number of rotatable bonds is 3. The number of amides is 1. The molecule has 0 spiro atoms. The lowest BCUT2D eigenvalue weighted by Gasteiger charge is -2.33. The summed E-state index contributed by atoms with van der Waals surface area (Å²) in [7, 11) is 0. The summed E-state index contributed by atoms with van der Waals surface area (Å²) in [5, 5.41) is 3.72. The van der Waals surface area contributed by atoms with E-state index in [0.29, 0.717) is 16.5 Å². The first-order valence-corrected chi connectivity index (χ1v) is 8.11. The van der Waals surface area contributed by atoms with Crippen molar-refractivity contribution in [3.63, 3.8) is 0 Å². The van der Waals surface area contributed by atoms with Crippen LogP contribution in [0.3, 0.4) is 0 Å². The second-order valence-corrected chi connectivity index (χ2v) is 6.13. The molecule has 1 aliphatic heterocycles. The van der Waals surface area contributed by atoms with E-state index in [4.69, 9.17) is 11.6 Å². The first-order valence-electron chi connectivity index (χ1n) is 7.73. The van der Waals surface area contributed by atoms with Gasteiger partial charge in [0, 0.05) is 42.1 Å². The number of hydrogen-bond acceptors (Lipinski definition) is 4. The molecule has 1 saturated heterocycles. The molecule has 6 heteroatoms. The molecule has 0 bridgehead atoms. The van der Waals surface area contributed by atoms with Gasteiger partial charge in [-0.1, -0.05) is 17.7 Å². The lowest BCUT2D eigenvalue weighted by molar-refractivity contribution is 0.0932. The van der Waals surface area contributed by atoms with Crippen LogP contribution >= 0.6 is 11.6 Å².